The molecule has 0 aliphatic rings. The van der Waals surface area contributed by atoms with Crippen molar-refractivity contribution in [2.75, 3.05) is 35.5 Å². The number of nitrogens with one attached hydrogen (secondary N) is 1. The number of fused-ring (bicyclic) bond motifs is 1. The molecule has 0 saturated heterocycles. The fourth-order valence-corrected chi connectivity index (χ4v) is 4.62. The molecule has 1 heterocycles. The molecule has 41 heavy (non-hydrogen) atoms. The van der Waals surface area contributed by atoms with Gasteiger partial charge in [0.05, 0.1) is 41.2 Å². The molecule has 210 valence electrons. The second-order valence-electron chi connectivity index (χ2n) is 8.96. The second-order valence-corrected chi connectivity index (χ2v) is 8.96. The Morgan fingerprint density at radius 2 is 1.44 bits per heavy atom. The fraction of sp³-hybridized carbons (Fsp3) is 0.194. The maximum atomic E-state index is 13.4. The highest BCUT2D eigenvalue weighted by molar-refractivity contribution is 5.93. The normalized spacial score (nSPS) is 10.8. The van der Waals surface area contributed by atoms with E-state index < -0.39 is 5.91 Å². The van der Waals surface area contributed by atoms with Crippen LogP contribution in [0.25, 0.3) is 27.8 Å². The van der Waals surface area contributed by atoms with Crippen LogP contribution in [0.5, 0.6) is 28.7 Å². The third-order valence-corrected chi connectivity index (χ3v) is 6.63. The van der Waals surface area contributed by atoms with Crippen molar-refractivity contribution in [2.24, 2.45) is 0 Å². The Labute approximate surface area is 237 Å². The van der Waals surface area contributed by atoms with Gasteiger partial charge in [-0.15, -0.1) is 5.10 Å². The number of aromatic nitrogens is 3. The van der Waals surface area contributed by atoms with Crippen molar-refractivity contribution < 1.29 is 28.5 Å². The van der Waals surface area contributed by atoms with Gasteiger partial charge in [0.2, 0.25) is 11.6 Å². The summed E-state index contributed by atoms with van der Waals surface area (Å²) < 4.78 is 29.0. The smallest absolute Gasteiger partial charge is 0.291 e. The molecule has 0 bridgehead atoms. The number of ether oxygens (including phenoxy) is 5. The molecule has 0 aliphatic carbocycles. The molecule has 0 aliphatic heterocycles. The zero-order chi connectivity index (χ0) is 28.9. The summed E-state index contributed by atoms with van der Waals surface area (Å²) in [5.74, 6) is 2.52. The fourth-order valence-electron chi connectivity index (χ4n) is 4.62. The van der Waals surface area contributed by atoms with Gasteiger partial charge in [0.15, 0.2) is 28.8 Å². The van der Waals surface area contributed by atoms with E-state index >= 15 is 0 Å². The number of hydrogen-bond donors (Lipinski definition) is 1. The van der Waals surface area contributed by atoms with Crippen LogP contribution >= 0.6 is 0 Å². The first kappa shape index (κ1) is 27.3. The van der Waals surface area contributed by atoms with E-state index in [1.165, 1.54) is 0 Å². The monoisotopic (exact) mass is 554 g/mol. The minimum atomic E-state index is -0.438. The maximum absolute atomic E-state index is 13.4. The van der Waals surface area contributed by atoms with Crippen molar-refractivity contribution in [3.05, 3.63) is 84.2 Å². The van der Waals surface area contributed by atoms with Crippen LogP contribution in [-0.4, -0.2) is 56.2 Å². The lowest BCUT2D eigenvalue weighted by molar-refractivity contribution is 0.0940. The predicted octanol–water partition coefficient (Wildman–Crippen LogP) is 5.06. The minimum Gasteiger partial charge on any atom is -0.493 e. The van der Waals surface area contributed by atoms with E-state index in [4.69, 9.17) is 23.7 Å². The Balaban J connectivity index is 1.58. The topological polar surface area (TPSA) is 106 Å². The van der Waals surface area contributed by atoms with Crippen molar-refractivity contribution >= 4 is 16.7 Å². The van der Waals surface area contributed by atoms with Gasteiger partial charge in [-0.3, -0.25) is 4.79 Å². The highest BCUT2D eigenvalue weighted by Crippen LogP contribution is 2.41. The van der Waals surface area contributed by atoms with E-state index in [1.807, 2.05) is 54.6 Å². The van der Waals surface area contributed by atoms with Crippen molar-refractivity contribution in [1.29, 1.82) is 0 Å². The number of nitrogens with zero attached hydrogens (tertiary/aromatic N) is 3. The molecule has 0 atom stereocenters. The quantitative estimate of drug-likeness (QED) is 0.255. The van der Waals surface area contributed by atoms with Crippen LogP contribution in [-0.2, 0) is 6.54 Å². The highest BCUT2D eigenvalue weighted by atomic mass is 16.5. The van der Waals surface area contributed by atoms with Crippen LogP contribution < -0.4 is 29.0 Å². The highest BCUT2D eigenvalue weighted by Gasteiger charge is 2.23. The number of carbonyl (C=O) groups is 1. The summed E-state index contributed by atoms with van der Waals surface area (Å²) in [4.78, 5) is 18.0. The van der Waals surface area contributed by atoms with E-state index in [9.17, 15) is 4.79 Å². The van der Waals surface area contributed by atoms with Gasteiger partial charge < -0.3 is 29.0 Å². The van der Waals surface area contributed by atoms with Crippen molar-refractivity contribution in [2.45, 2.75) is 6.54 Å². The van der Waals surface area contributed by atoms with E-state index in [-0.39, 0.29) is 12.4 Å². The zero-order valence-corrected chi connectivity index (χ0v) is 23.4. The molecule has 5 aromatic rings. The first-order valence-corrected chi connectivity index (χ1v) is 12.8. The van der Waals surface area contributed by atoms with Gasteiger partial charge in [0.25, 0.3) is 5.91 Å². The molecule has 5 rings (SSSR count). The second kappa shape index (κ2) is 11.9. The lowest BCUT2D eigenvalue weighted by atomic mass is 10.1. The number of rotatable bonds is 10. The average Bonchev–Trinajstić information content (AvgIpc) is 3.47. The summed E-state index contributed by atoms with van der Waals surface area (Å²) in [6, 6.07) is 22.8. The van der Waals surface area contributed by atoms with E-state index in [2.05, 4.69) is 15.4 Å². The molecular formula is C31H30N4O6. The summed E-state index contributed by atoms with van der Waals surface area (Å²) in [6.07, 6.45) is 0. The Morgan fingerprint density at radius 3 is 2.12 bits per heavy atom. The number of amides is 1. The summed E-state index contributed by atoms with van der Waals surface area (Å²) in [5, 5.41) is 9.55. The van der Waals surface area contributed by atoms with Gasteiger partial charge in [-0.1, -0.05) is 42.5 Å². The lowest BCUT2D eigenvalue weighted by Gasteiger charge is -2.15. The summed E-state index contributed by atoms with van der Waals surface area (Å²) in [5.41, 5.74) is 2.21. The van der Waals surface area contributed by atoms with Crippen molar-refractivity contribution in [3.63, 3.8) is 0 Å². The molecule has 0 spiro atoms. The van der Waals surface area contributed by atoms with Crippen LogP contribution in [0.4, 0.5) is 0 Å². The van der Waals surface area contributed by atoms with Crippen molar-refractivity contribution in [3.8, 4) is 45.8 Å². The van der Waals surface area contributed by atoms with Gasteiger partial charge in [-0.25, -0.2) is 9.67 Å². The third kappa shape index (κ3) is 5.31. The summed E-state index contributed by atoms with van der Waals surface area (Å²) >= 11 is 0. The van der Waals surface area contributed by atoms with Gasteiger partial charge >= 0.3 is 0 Å². The van der Waals surface area contributed by atoms with E-state index in [0.29, 0.717) is 40.1 Å². The molecule has 0 radical (unpaired) electrons. The summed E-state index contributed by atoms with van der Waals surface area (Å²) in [7, 11) is 7.77. The molecule has 1 amide bonds. The average molecular weight is 555 g/mol. The van der Waals surface area contributed by atoms with Crippen molar-refractivity contribution in [1.82, 2.24) is 20.1 Å². The molecule has 1 N–H and O–H groups in total. The molecule has 4 aromatic carbocycles. The van der Waals surface area contributed by atoms with Crippen LogP contribution in [0.3, 0.4) is 0 Å². The first-order valence-electron chi connectivity index (χ1n) is 12.8. The molecule has 0 fully saturated rings. The van der Waals surface area contributed by atoms with E-state index in [1.54, 1.807) is 58.4 Å². The Bertz CT molecular complexity index is 1680. The van der Waals surface area contributed by atoms with Gasteiger partial charge in [-0.05, 0) is 41.3 Å². The number of benzene rings is 4. The SMILES string of the molecule is COc1ccc(CNC(=O)c2nc(-c3cc(OC)c(OC)c(OC)c3)n(-c3cccc4ccccc34)n2)cc1OC. The minimum absolute atomic E-state index is 0.00200. The molecule has 1 aromatic heterocycles. The maximum Gasteiger partial charge on any atom is 0.291 e. The Kier molecular flexibility index (Phi) is 7.91. The number of methoxy groups -OCH3 is 5. The standard InChI is InChI=1S/C31H30N4O6/c1-37-24-14-13-19(15-25(24)38-2)18-32-31(36)29-33-30(21-16-26(39-3)28(41-5)27(17-21)40-4)35(34-29)23-12-8-10-20-9-6-7-11-22(20)23/h6-17H,18H2,1-5H3,(H,32,36). The Morgan fingerprint density at radius 1 is 0.756 bits per heavy atom. The lowest BCUT2D eigenvalue weighted by Crippen LogP contribution is -2.24. The zero-order valence-electron chi connectivity index (χ0n) is 23.4. The largest absolute Gasteiger partial charge is 0.493 e. The Hall–Kier alpha value is -5.25. The van der Waals surface area contributed by atoms with Gasteiger partial charge in [0, 0.05) is 17.5 Å². The molecule has 0 unspecified atom stereocenters. The third-order valence-electron chi connectivity index (χ3n) is 6.63. The first-order chi connectivity index (χ1) is 20.0. The van der Waals surface area contributed by atoms with Crippen LogP contribution in [0.15, 0.2) is 72.8 Å². The molecule has 10 heteroatoms. The van der Waals surface area contributed by atoms with Crippen LogP contribution in [0, 0.1) is 0 Å². The molecule has 10 nitrogen and oxygen atoms in total. The number of carbonyl (C=O) groups excluding carboxylic acids is 1. The van der Waals surface area contributed by atoms with Crippen LogP contribution in [0.2, 0.25) is 0 Å². The molecule has 0 saturated carbocycles. The van der Waals surface area contributed by atoms with Gasteiger partial charge in [-0.2, -0.15) is 0 Å². The van der Waals surface area contributed by atoms with E-state index in [0.717, 1.165) is 22.0 Å². The van der Waals surface area contributed by atoms with Gasteiger partial charge in [0.1, 0.15) is 0 Å². The summed E-state index contributed by atoms with van der Waals surface area (Å²) in [6.45, 7) is 0.238. The number of hydrogen-bond acceptors (Lipinski definition) is 8. The predicted molar refractivity (Wildman–Crippen MR) is 155 cm³/mol. The van der Waals surface area contributed by atoms with Crippen LogP contribution in [0.1, 0.15) is 16.2 Å². The molecular weight excluding hydrogens is 524 g/mol.